The Morgan fingerprint density at radius 2 is 1.87 bits per heavy atom. The molecule has 1 saturated heterocycles. The Kier molecular flexibility index (Phi) is 8.67. The molecule has 210 valence electrons. The lowest BCUT2D eigenvalue weighted by atomic mass is 10.1. The number of nitrogens with one attached hydrogen (secondary N) is 2. The molecule has 5 amide bonds. The van der Waals surface area contributed by atoms with E-state index in [-0.39, 0.29) is 38.7 Å². The van der Waals surface area contributed by atoms with Crippen molar-refractivity contribution in [1.82, 2.24) is 20.4 Å². The van der Waals surface area contributed by atoms with Gasteiger partial charge in [0.05, 0.1) is 13.1 Å². The van der Waals surface area contributed by atoms with Gasteiger partial charge in [-0.25, -0.2) is 14.0 Å². The van der Waals surface area contributed by atoms with Crippen LogP contribution in [0, 0.1) is 5.82 Å². The van der Waals surface area contributed by atoms with E-state index in [0.29, 0.717) is 11.1 Å². The SMILES string of the molecule is C=CC(=O)NCC(NC(=O)OC1CCCC1)C(=O)N1CC(OC(=O)N2Cc3cccc(F)c3C2)CC1C(N)=O. The summed E-state index contributed by atoms with van der Waals surface area (Å²) >= 11 is 0. The smallest absolute Gasteiger partial charge is 0.410 e. The highest BCUT2D eigenvalue weighted by atomic mass is 19.1. The van der Waals surface area contributed by atoms with Crippen LogP contribution in [-0.4, -0.2) is 77.1 Å². The minimum absolute atomic E-state index is 0.0353. The Bertz CT molecular complexity index is 1160. The number of rotatable bonds is 8. The van der Waals surface area contributed by atoms with Crippen LogP contribution in [-0.2, 0) is 36.9 Å². The van der Waals surface area contributed by atoms with Crippen molar-refractivity contribution in [2.75, 3.05) is 13.1 Å². The molecule has 3 aliphatic rings. The number of hydrogen-bond donors (Lipinski definition) is 3. The molecule has 0 radical (unpaired) electrons. The molecule has 3 unspecified atom stereocenters. The molecule has 39 heavy (non-hydrogen) atoms. The van der Waals surface area contributed by atoms with Crippen LogP contribution in [0.5, 0.6) is 0 Å². The molecular formula is C26H32FN5O7. The van der Waals surface area contributed by atoms with Gasteiger partial charge in [-0.05, 0) is 43.4 Å². The molecule has 13 heteroatoms. The van der Waals surface area contributed by atoms with Crippen LogP contribution in [0.4, 0.5) is 14.0 Å². The van der Waals surface area contributed by atoms with Crippen molar-refractivity contribution in [1.29, 1.82) is 0 Å². The average molecular weight is 546 g/mol. The van der Waals surface area contributed by atoms with Crippen molar-refractivity contribution in [2.45, 2.75) is 69.5 Å². The van der Waals surface area contributed by atoms with Crippen molar-refractivity contribution in [3.05, 3.63) is 47.8 Å². The van der Waals surface area contributed by atoms with Gasteiger partial charge in [0.25, 0.3) is 0 Å². The van der Waals surface area contributed by atoms with Crippen molar-refractivity contribution in [3.63, 3.8) is 0 Å². The van der Waals surface area contributed by atoms with E-state index in [4.69, 9.17) is 15.2 Å². The number of likely N-dealkylation sites (tertiary alicyclic amines) is 1. The molecule has 0 aromatic heterocycles. The maximum Gasteiger partial charge on any atom is 0.410 e. The monoisotopic (exact) mass is 545 g/mol. The second-order valence-corrected chi connectivity index (χ2v) is 9.84. The number of fused-ring (bicyclic) bond motifs is 1. The van der Waals surface area contributed by atoms with E-state index >= 15 is 0 Å². The topological polar surface area (TPSA) is 160 Å². The summed E-state index contributed by atoms with van der Waals surface area (Å²) in [6, 6.07) is 2.20. The zero-order valence-electron chi connectivity index (χ0n) is 21.4. The third kappa shape index (κ3) is 6.65. The van der Waals surface area contributed by atoms with Gasteiger partial charge in [0.15, 0.2) is 0 Å². The number of nitrogens with two attached hydrogens (primary N) is 1. The van der Waals surface area contributed by atoms with E-state index in [9.17, 15) is 28.4 Å². The molecule has 0 bridgehead atoms. The van der Waals surface area contributed by atoms with Crippen LogP contribution in [0.25, 0.3) is 0 Å². The van der Waals surface area contributed by atoms with E-state index in [0.717, 1.165) is 36.7 Å². The fraction of sp³-hybridized carbons (Fsp3) is 0.500. The number of amides is 5. The second-order valence-electron chi connectivity index (χ2n) is 9.84. The van der Waals surface area contributed by atoms with Gasteiger partial charge in [0.1, 0.15) is 30.1 Å². The molecular weight excluding hydrogens is 513 g/mol. The number of halogens is 1. The third-order valence-electron chi connectivity index (χ3n) is 7.16. The molecule has 0 spiro atoms. The summed E-state index contributed by atoms with van der Waals surface area (Å²) in [5.74, 6) is -2.51. The lowest BCUT2D eigenvalue weighted by Gasteiger charge is -2.28. The lowest BCUT2D eigenvalue weighted by Crippen LogP contribution is -2.56. The predicted molar refractivity (Wildman–Crippen MR) is 134 cm³/mol. The zero-order valence-corrected chi connectivity index (χ0v) is 21.4. The molecule has 4 N–H and O–H groups in total. The molecule has 3 atom stereocenters. The summed E-state index contributed by atoms with van der Waals surface area (Å²) in [6.07, 6.45) is 1.58. The number of ether oxygens (including phenoxy) is 2. The number of carbonyl (C=O) groups excluding carboxylic acids is 5. The average Bonchev–Trinajstić information content (AvgIpc) is 3.66. The maximum atomic E-state index is 14.1. The van der Waals surface area contributed by atoms with E-state index in [1.165, 1.54) is 11.0 Å². The molecule has 12 nitrogen and oxygen atoms in total. The highest BCUT2D eigenvalue weighted by Gasteiger charge is 2.43. The summed E-state index contributed by atoms with van der Waals surface area (Å²) in [6.45, 7) is 3.09. The predicted octanol–water partition coefficient (Wildman–Crippen LogP) is 1.07. The first-order valence-electron chi connectivity index (χ1n) is 12.8. The van der Waals surface area contributed by atoms with Crippen LogP contribution in [0.1, 0.15) is 43.2 Å². The number of nitrogens with zero attached hydrogens (tertiary/aromatic N) is 2. The Morgan fingerprint density at radius 1 is 1.13 bits per heavy atom. The first-order valence-corrected chi connectivity index (χ1v) is 12.8. The Hall–Kier alpha value is -4.16. The second kappa shape index (κ2) is 12.1. The van der Waals surface area contributed by atoms with Crippen LogP contribution in [0.15, 0.2) is 30.9 Å². The highest BCUT2D eigenvalue weighted by Crippen LogP contribution is 2.28. The number of hydrogen-bond acceptors (Lipinski definition) is 7. The van der Waals surface area contributed by atoms with Crippen LogP contribution in [0.3, 0.4) is 0 Å². The van der Waals surface area contributed by atoms with Crippen molar-refractivity contribution < 1.29 is 37.8 Å². The quantitative estimate of drug-likeness (QED) is 0.412. The lowest BCUT2D eigenvalue weighted by molar-refractivity contribution is -0.139. The number of carbonyl (C=O) groups is 5. The summed E-state index contributed by atoms with van der Waals surface area (Å²) in [7, 11) is 0. The normalized spacial score (nSPS) is 21.2. The van der Waals surface area contributed by atoms with Gasteiger partial charge in [-0.2, -0.15) is 0 Å². The van der Waals surface area contributed by atoms with E-state index in [2.05, 4.69) is 17.2 Å². The molecule has 1 aliphatic carbocycles. The largest absolute Gasteiger partial charge is 0.446 e. The first kappa shape index (κ1) is 27.9. The number of primary amides is 1. The van der Waals surface area contributed by atoms with Crippen LogP contribution in [0.2, 0.25) is 0 Å². The third-order valence-corrected chi connectivity index (χ3v) is 7.16. The summed E-state index contributed by atoms with van der Waals surface area (Å²) < 4.78 is 25.0. The van der Waals surface area contributed by atoms with Gasteiger partial charge in [-0.3, -0.25) is 19.3 Å². The van der Waals surface area contributed by atoms with Gasteiger partial charge in [-0.15, -0.1) is 0 Å². The van der Waals surface area contributed by atoms with Gasteiger partial charge in [0.2, 0.25) is 17.7 Å². The molecule has 4 rings (SSSR count). The molecule has 1 saturated carbocycles. The van der Waals surface area contributed by atoms with Crippen molar-refractivity contribution >= 4 is 29.9 Å². The molecule has 1 aromatic rings. The van der Waals surface area contributed by atoms with E-state index < -0.39 is 53.9 Å². The van der Waals surface area contributed by atoms with Gasteiger partial charge >= 0.3 is 12.2 Å². The number of alkyl carbamates (subject to hydrolysis) is 1. The summed E-state index contributed by atoms with van der Waals surface area (Å²) in [4.78, 5) is 65.2. The van der Waals surface area contributed by atoms with Gasteiger partial charge < -0.3 is 30.7 Å². The molecule has 2 aliphatic heterocycles. The molecule has 1 aromatic carbocycles. The Labute approximate surface area is 224 Å². The number of benzene rings is 1. The Balaban J connectivity index is 1.41. The zero-order chi connectivity index (χ0) is 28.1. The van der Waals surface area contributed by atoms with Gasteiger partial charge in [0, 0.05) is 25.1 Å². The minimum Gasteiger partial charge on any atom is -0.446 e. The van der Waals surface area contributed by atoms with Crippen molar-refractivity contribution in [2.24, 2.45) is 5.73 Å². The Morgan fingerprint density at radius 3 is 2.54 bits per heavy atom. The minimum atomic E-state index is -1.28. The molecule has 2 heterocycles. The van der Waals surface area contributed by atoms with Crippen molar-refractivity contribution in [3.8, 4) is 0 Å². The first-order chi connectivity index (χ1) is 18.7. The summed E-state index contributed by atoms with van der Waals surface area (Å²) in [5, 5.41) is 4.93. The van der Waals surface area contributed by atoms with E-state index in [1.54, 1.807) is 12.1 Å². The maximum absolute atomic E-state index is 14.1. The van der Waals surface area contributed by atoms with E-state index in [1.807, 2.05) is 0 Å². The fourth-order valence-corrected chi connectivity index (χ4v) is 5.13. The van der Waals surface area contributed by atoms with Crippen LogP contribution >= 0.6 is 0 Å². The molecule has 2 fully saturated rings. The summed E-state index contributed by atoms with van der Waals surface area (Å²) in [5.41, 5.74) is 6.63. The fourth-order valence-electron chi connectivity index (χ4n) is 5.13. The highest BCUT2D eigenvalue weighted by molar-refractivity contribution is 5.93. The van der Waals surface area contributed by atoms with Crippen LogP contribution < -0.4 is 16.4 Å². The standard InChI is InChI=1S/C26H32FN5O7/c1-2-22(33)29-11-20(30-25(36)38-16-7-3-4-8-16)24(35)32-13-17(10-21(32)23(28)34)39-26(37)31-12-15-6-5-9-19(27)18(15)14-31/h2,5-6,9,16-17,20-21H,1,3-4,7-8,10-14H2,(H2,28,34)(H,29,33)(H,30,36). The van der Waals surface area contributed by atoms with Gasteiger partial charge in [-0.1, -0.05) is 18.7 Å².